The highest BCUT2D eigenvalue weighted by molar-refractivity contribution is 6.02. The Morgan fingerprint density at radius 3 is 2.20 bits per heavy atom. The molecular formula is C11H19NO3. The molecule has 0 aromatic carbocycles. The molecule has 1 amide bonds. The molecular weight excluding hydrogens is 194 g/mol. The van der Waals surface area contributed by atoms with Gasteiger partial charge in [0.05, 0.1) is 0 Å². The molecule has 1 fully saturated rings. The number of amides is 1. The van der Waals surface area contributed by atoms with Crippen LogP contribution in [-0.2, 0) is 9.59 Å². The number of nitrogens with zero attached hydrogens (tertiary/aromatic N) is 1. The summed E-state index contributed by atoms with van der Waals surface area (Å²) in [5.74, 6) is -0.825. The van der Waals surface area contributed by atoms with E-state index in [1.807, 2.05) is 13.8 Å². The van der Waals surface area contributed by atoms with Gasteiger partial charge in [0.1, 0.15) is 5.41 Å². The van der Waals surface area contributed by atoms with Gasteiger partial charge in [-0.15, -0.1) is 0 Å². The fourth-order valence-electron chi connectivity index (χ4n) is 2.05. The molecule has 0 radical (unpaired) electrons. The summed E-state index contributed by atoms with van der Waals surface area (Å²) in [4.78, 5) is 24.6. The van der Waals surface area contributed by atoms with Gasteiger partial charge in [0.15, 0.2) is 0 Å². The van der Waals surface area contributed by atoms with Gasteiger partial charge in [0.25, 0.3) is 0 Å². The zero-order chi connectivity index (χ0) is 11.6. The monoisotopic (exact) mass is 213 g/mol. The lowest BCUT2D eigenvalue weighted by Gasteiger charge is -2.39. The van der Waals surface area contributed by atoms with Gasteiger partial charge in [-0.25, -0.2) is 0 Å². The van der Waals surface area contributed by atoms with E-state index < -0.39 is 11.4 Å². The number of rotatable bonds is 4. The number of carbonyl (C=O) groups is 2. The largest absolute Gasteiger partial charge is 0.480 e. The highest BCUT2D eigenvalue weighted by Gasteiger charge is 2.52. The van der Waals surface area contributed by atoms with Crippen LogP contribution in [0, 0.1) is 11.3 Å². The van der Waals surface area contributed by atoms with Gasteiger partial charge in [-0.05, 0) is 18.8 Å². The molecule has 15 heavy (non-hydrogen) atoms. The zero-order valence-electron chi connectivity index (χ0n) is 9.62. The predicted octanol–water partition coefficient (Wildman–Crippen LogP) is 1.36. The Kier molecular flexibility index (Phi) is 3.37. The average molecular weight is 213 g/mol. The number of hydrogen-bond acceptors (Lipinski definition) is 2. The maximum Gasteiger partial charge on any atom is 0.319 e. The van der Waals surface area contributed by atoms with E-state index in [4.69, 9.17) is 5.11 Å². The Labute approximate surface area is 90.3 Å². The van der Waals surface area contributed by atoms with E-state index in [-0.39, 0.29) is 5.91 Å². The number of carboxylic acids is 1. The second kappa shape index (κ2) is 4.21. The van der Waals surface area contributed by atoms with E-state index in [1.165, 1.54) is 0 Å². The second-order valence-electron chi connectivity index (χ2n) is 4.82. The number of hydrogen-bond donors (Lipinski definition) is 1. The van der Waals surface area contributed by atoms with E-state index >= 15 is 0 Å². The average Bonchev–Trinajstić information content (AvgIpc) is 1.99. The van der Waals surface area contributed by atoms with Crippen LogP contribution >= 0.6 is 0 Å². The van der Waals surface area contributed by atoms with Crippen LogP contribution in [0.15, 0.2) is 0 Å². The minimum Gasteiger partial charge on any atom is -0.480 e. The quantitative estimate of drug-likeness (QED) is 0.717. The summed E-state index contributed by atoms with van der Waals surface area (Å²) >= 11 is 0. The normalized spacial score (nSPS) is 18.4. The van der Waals surface area contributed by atoms with Gasteiger partial charge < -0.3 is 10.0 Å². The van der Waals surface area contributed by atoms with Gasteiger partial charge in [-0.3, -0.25) is 9.59 Å². The van der Waals surface area contributed by atoms with Crippen LogP contribution in [0.3, 0.4) is 0 Å². The topological polar surface area (TPSA) is 57.6 Å². The molecule has 0 aromatic rings. The lowest BCUT2D eigenvalue weighted by Crippen LogP contribution is -2.52. The van der Waals surface area contributed by atoms with Gasteiger partial charge >= 0.3 is 5.97 Å². The van der Waals surface area contributed by atoms with Gasteiger partial charge in [0, 0.05) is 13.6 Å². The van der Waals surface area contributed by atoms with Crippen molar-refractivity contribution in [1.29, 1.82) is 0 Å². The van der Waals surface area contributed by atoms with Crippen LogP contribution in [0.4, 0.5) is 0 Å². The molecule has 4 heteroatoms. The standard InChI is InChI=1S/C11H19NO3/c1-8(2)7-12(3)9(13)11(10(14)15)5-4-6-11/h8H,4-7H2,1-3H3,(H,14,15). The molecule has 0 aromatic heterocycles. The fraction of sp³-hybridized carbons (Fsp3) is 0.818. The van der Waals surface area contributed by atoms with Gasteiger partial charge in [-0.2, -0.15) is 0 Å². The second-order valence-corrected chi connectivity index (χ2v) is 4.82. The third kappa shape index (κ3) is 2.13. The summed E-state index contributed by atoms with van der Waals surface area (Å²) in [5, 5.41) is 9.09. The Hall–Kier alpha value is -1.06. The highest BCUT2D eigenvalue weighted by Crippen LogP contribution is 2.42. The van der Waals surface area contributed by atoms with Crippen molar-refractivity contribution in [3.8, 4) is 0 Å². The first-order chi connectivity index (χ1) is 6.90. The number of carboxylic acid groups (broad SMARTS) is 1. The third-order valence-electron chi connectivity index (χ3n) is 3.01. The van der Waals surface area contributed by atoms with Crippen molar-refractivity contribution in [2.24, 2.45) is 11.3 Å². The fourth-order valence-corrected chi connectivity index (χ4v) is 2.05. The van der Waals surface area contributed by atoms with Crippen LogP contribution in [0.5, 0.6) is 0 Å². The summed E-state index contributed by atoms with van der Waals surface area (Å²) in [5.41, 5.74) is -1.11. The zero-order valence-corrected chi connectivity index (χ0v) is 9.62. The lowest BCUT2D eigenvalue weighted by atomic mass is 9.68. The van der Waals surface area contributed by atoms with Crippen molar-refractivity contribution < 1.29 is 14.7 Å². The Morgan fingerprint density at radius 1 is 1.40 bits per heavy atom. The number of carbonyl (C=O) groups excluding carboxylic acids is 1. The van der Waals surface area contributed by atoms with Crippen LogP contribution in [0.1, 0.15) is 33.1 Å². The molecule has 0 bridgehead atoms. The molecule has 0 aliphatic heterocycles. The van der Waals surface area contributed by atoms with Crippen molar-refractivity contribution in [2.75, 3.05) is 13.6 Å². The van der Waals surface area contributed by atoms with E-state index in [0.717, 1.165) is 6.42 Å². The first kappa shape index (κ1) is 12.0. The highest BCUT2D eigenvalue weighted by atomic mass is 16.4. The van der Waals surface area contributed by atoms with Crippen molar-refractivity contribution in [1.82, 2.24) is 4.90 Å². The van der Waals surface area contributed by atoms with Crippen LogP contribution in [0.2, 0.25) is 0 Å². The van der Waals surface area contributed by atoms with Gasteiger partial charge in [0.2, 0.25) is 5.91 Å². The summed E-state index contributed by atoms with van der Waals surface area (Å²) in [6.07, 6.45) is 1.82. The van der Waals surface area contributed by atoms with Crippen molar-refractivity contribution >= 4 is 11.9 Å². The summed E-state index contributed by atoms with van der Waals surface area (Å²) in [7, 11) is 1.69. The molecule has 1 saturated carbocycles. The first-order valence-corrected chi connectivity index (χ1v) is 5.39. The van der Waals surface area contributed by atoms with Crippen molar-refractivity contribution in [3.63, 3.8) is 0 Å². The van der Waals surface area contributed by atoms with E-state index in [1.54, 1.807) is 11.9 Å². The summed E-state index contributed by atoms with van der Waals surface area (Å²) < 4.78 is 0. The lowest BCUT2D eigenvalue weighted by molar-refractivity contribution is -0.167. The first-order valence-electron chi connectivity index (χ1n) is 5.39. The van der Waals surface area contributed by atoms with E-state index in [2.05, 4.69) is 0 Å². The van der Waals surface area contributed by atoms with Crippen LogP contribution < -0.4 is 0 Å². The van der Waals surface area contributed by atoms with Gasteiger partial charge in [-0.1, -0.05) is 20.3 Å². The summed E-state index contributed by atoms with van der Waals surface area (Å²) in [6.45, 7) is 4.64. The minimum absolute atomic E-state index is 0.227. The Balaban J connectivity index is 2.69. The molecule has 1 aliphatic rings. The maximum absolute atomic E-state index is 12.0. The van der Waals surface area contributed by atoms with Crippen LogP contribution in [-0.4, -0.2) is 35.5 Å². The molecule has 0 heterocycles. The molecule has 4 nitrogen and oxygen atoms in total. The van der Waals surface area contributed by atoms with E-state index in [9.17, 15) is 9.59 Å². The smallest absolute Gasteiger partial charge is 0.319 e. The molecule has 0 unspecified atom stereocenters. The molecule has 0 spiro atoms. The third-order valence-corrected chi connectivity index (χ3v) is 3.01. The number of aliphatic carboxylic acids is 1. The van der Waals surface area contributed by atoms with Crippen molar-refractivity contribution in [2.45, 2.75) is 33.1 Å². The molecule has 0 saturated heterocycles. The summed E-state index contributed by atoms with van der Waals surface area (Å²) in [6, 6.07) is 0. The Bertz CT molecular complexity index is 269. The SMILES string of the molecule is CC(C)CN(C)C(=O)C1(C(=O)O)CCC1. The van der Waals surface area contributed by atoms with Crippen LogP contribution in [0.25, 0.3) is 0 Å². The maximum atomic E-state index is 12.0. The van der Waals surface area contributed by atoms with Crippen molar-refractivity contribution in [3.05, 3.63) is 0 Å². The Morgan fingerprint density at radius 2 is 1.93 bits per heavy atom. The molecule has 0 atom stereocenters. The van der Waals surface area contributed by atoms with E-state index in [0.29, 0.717) is 25.3 Å². The molecule has 86 valence electrons. The molecule has 1 rings (SSSR count). The molecule has 1 N–H and O–H groups in total. The minimum atomic E-state index is -1.11. The molecule has 1 aliphatic carbocycles. The predicted molar refractivity (Wildman–Crippen MR) is 56.4 cm³/mol.